The molecule has 0 saturated heterocycles. The van der Waals surface area contributed by atoms with Crippen molar-refractivity contribution in [2.75, 3.05) is 6.61 Å². The Morgan fingerprint density at radius 2 is 2.11 bits per heavy atom. The lowest BCUT2D eigenvalue weighted by atomic mass is 10.0. The Hall–Kier alpha value is -1.26. The topological polar surface area (TPSA) is 47.9 Å². The molecule has 96 valence electrons. The van der Waals surface area contributed by atoms with Crippen molar-refractivity contribution in [1.29, 1.82) is 0 Å². The molecule has 1 atom stereocenters. The fraction of sp³-hybridized carbons (Fsp3) is 0.333. The van der Waals surface area contributed by atoms with Crippen molar-refractivity contribution in [1.82, 2.24) is 0 Å². The van der Waals surface area contributed by atoms with Gasteiger partial charge in [0.2, 0.25) is 0 Å². The van der Waals surface area contributed by atoms with Crippen molar-refractivity contribution in [2.24, 2.45) is 5.16 Å². The highest BCUT2D eigenvalue weighted by Gasteiger charge is 2.28. The Morgan fingerprint density at radius 3 is 2.72 bits per heavy atom. The lowest BCUT2D eigenvalue weighted by molar-refractivity contribution is -0.135. The predicted octanol–water partition coefficient (Wildman–Crippen LogP) is 3.37. The number of carbonyl (C=O) groups is 1. The Balaban J connectivity index is 2.08. The van der Waals surface area contributed by atoms with Crippen molar-refractivity contribution < 1.29 is 14.4 Å². The number of oxime groups is 1. The number of ether oxygens (including phenoxy) is 1. The normalized spacial score (nSPS) is 18.2. The average Bonchev–Trinajstić information content (AvgIpc) is 2.77. The number of benzene rings is 1. The van der Waals surface area contributed by atoms with Crippen LogP contribution >= 0.6 is 23.2 Å². The van der Waals surface area contributed by atoms with Gasteiger partial charge in [0.1, 0.15) is 0 Å². The van der Waals surface area contributed by atoms with Crippen LogP contribution in [-0.2, 0) is 14.4 Å². The first-order valence-corrected chi connectivity index (χ1v) is 6.21. The first-order chi connectivity index (χ1) is 8.60. The fourth-order valence-electron chi connectivity index (χ4n) is 1.65. The molecule has 0 aliphatic carbocycles. The van der Waals surface area contributed by atoms with Crippen LogP contribution in [0.4, 0.5) is 0 Å². The van der Waals surface area contributed by atoms with Crippen molar-refractivity contribution in [3.05, 3.63) is 33.8 Å². The monoisotopic (exact) mass is 287 g/mol. The maximum Gasteiger partial charge on any atom is 0.356 e. The van der Waals surface area contributed by atoms with E-state index in [2.05, 4.69) is 5.16 Å². The van der Waals surface area contributed by atoms with Gasteiger partial charge in [-0.2, -0.15) is 0 Å². The van der Waals surface area contributed by atoms with Gasteiger partial charge in [0.15, 0.2) is 11.8 Å². The molecule has 0 spiro atoms. The molecule has 0 fully saturated rings. The van der Waals surface area contributed by atoms with Crippen molar-refractivity contribution in [3.63, 3.8) is 0 Å². The lowest BCUT2D eigenvalue weighted by Crippen LogP contribution is -2.16. The average molecular weight is 288 g/mol. The molecule has 18 heavy (non-hydrogen) atoms. The minimum atomic E-state index is -0.451. The van der Waals surface area contributed by atoms with Crippen LogP contribution in [0.3, 0.4) is 0 Å². The molecule has 6 heteroatoms. The smallest absolute Gasteiger partial charge is 0.356 e. The Labute approximate surface area is 114 Å². The zero-order valence-electron chi connectivity index (χ0n) is 9.65. The summed E-state index contributed by atoms with van der Waals surface area (Å²) in [7, 11) is 0. The van der Waals surface area contributed by atoms with E-state index in [0.29, 0.717) is 23.1 Å². The Morgan fingerprint density at radius 1 is 1.44 bits per heavy atom. The van der Waals surface area contributed by atoms with Crippen LogP contribution in [-0.4, -0.2) is 18.3 Å². The summed E-state index contributed by atoms with van der Waals surface area (Å²) in [5.41, 5.74) is 1.06. The zero-order chi connectivity index (χ0) is 13.1. The summed E-state index contributed by atoms with van der Waals surface area (Å²) in [6.45, 7) is 2.05. The number of halogens is 2. The van der Waals surface area contributed by atoms with E-state index in [0.717, 1.165) is 5.56 Å². The molecule has 1 aliphatic heterocycles. The number of nitrogens with zero attached hydrogens (tertiary/aromatic N) is 1. The highest BCUT2D eigenvalue weighted by Crippen LogP contribution is 2.31. The van der Waals surface area contributed by atoms with Gasteiger partial charge in [0, 0.05) is 16.5 Å². The van der Waals surface area contributed by atoms with Gasteiger partial charge in [-0.05, 0) is 30.7 Å². The van der Waals surface area contributed by atoms with Gasteiger partial charge in [-0.3, -0.25) is 0 Å². The molecule has 1 aliphatic rings. The summed E-state index contributed by atoms with van der Waals surface area (Å²) >= 11 is 11.8. The number of esters is 1. The summed E-state index contributed by atoms with van der Waals surface area (Å²) in [5.74, 6) is -0.451. The van der Waals surface area contributed by atoms with Crippen LogP contribution in [0.5, 0.6) is 0 Å². The van der Waals surface area contributed by atoms with E-state index in [9.17, 15) is 4.79 Å². The van der Waals surface area contributed by atoms with Crippen molar-refractivity contribution in [2.45, 2.75) is 19.4 Å². The Kier molecular flexibility index (Phi) is 4.09. The summed E-state index contributed by atoms with van der Waals surface area (Å²) in [4.78, 5) is 16.7. The number of hydrogen-bond acceptors (Lipinski definition) is 4. The molecule has 4 nitrogen and oxygen atoms in total. The van der Waals surface area contributed by atoms with E-state index in [4.69, 9.17) is 32.8 Å². The summed E-state index contributed by atoms with van der Waals surface area (Å²) < 4.78 is 4.86. The molecule has 0 radical (unpaired) electrons. The summed E-state index contributed by atoms with van der Waals surface area (Å²) in [6, 6.07) is 5.11. The van der Waals surface area contributed by atoms with Gasteiger partial charge in [-0.1, -0.05) is 28.4 Å². The van der Waals surface area contributed by atoms with E-state index >= 15 is 0 Å². The molecule has 0 bridgehead atoms. The van der Waals surface area contributed by atoms with E-state index < -0.39 is 5.97 Å². The number of hydrogen-bond donors (Lipinski definition) is 0. The third kappa shape index (κ3) is 2.94. The molecule has 0 amide bonds. The third-order valence-corrected chi connectivity index (χ3v) is 2.87. The van der Waals surface area contributed by atoms with Gasteiger partial charge in [-0.25, -0.2) is 4.79 Å². The van der Waals surface area contributed by atoms with Crippen LogP contribution in [0.15, 0.2) is 23.4 Å². The van der Waals surface area contributed by atoms with Crippen LogP contribution in [0, 0.1) is 0 Å². The number of rotatable bonds is 3. The molecule has 1 heterocycles. The SMILES string of the molecule is CCOC(=O)C1=NOC(c2cc(Cl)cc(Cl)c2)C1. The molecule has 2 rings (SSSR count). The third-order valence-electron chi connectivity index (χ3n) is 2.44. The molecule has 0 N–H and O–H groups in total. The standard InChI is InChI=1S/C12H11Cl2NO3/c1-2-17-12(16)10-6-11(18-15-10)7-3-8(13)5-9(14)4-7/h3-5,11H,2,6H2,1H3. The van der Waals surface area contributed by atoms with Gasteiger partial charge >= 0.3 is 5.97 Å². The van der Waals surface area contributed by atoms with Crippen molar-refractivity contribution in [3.8, 4) is 0 Å². The van der Waals surface area contributed by atoms with Crippen LogP contribution < -0.4 is 0 Å². The second-order valence-electron chi connectivity index (χ2n) is 3.76. The van der Waals surface area contributed by atoms with Gasteiger partial charge < -0.3 is 9.57 Å². The van der Waals surface area contributed by atoms with E-state index in [-0.39, 0.29) is 11.8 Å². The summed E-state index contributed by atoms with van der Waals surface area (Å²) in [5, 5.41) is 4.77. The number of carbonyl (C=O) groups excluding carboxylic acids is 1. The second kappa shape index (κ2) is 5.59. The van der Waals surface area contributed by atoms with Gasteiger partial charge in [0.25, 0.3) is 0 Å². The van der Waals surface area contributed by atoms with Crippen molar-refractivity contribution >= 4 is 34.9 Å². The maximum atomic E-state index is 11.5. The first-order valence-electron chi connectivity index (χ1n) is 5.46. The quantitative estimate of drug-likeness (QED) is 0.801. The molecule has 1 aromatic rings. The minimum Gasteiger partial charge on any atom is -0.461 e. The van der Waals surface area contributed by atoms with E-state index in [1.807, 2.05) is 0 Å². The van der Waals surface area contributed by atoms with Crippen LogP contribution in [0.1, 0.15) is 25.0 Å². The van der Waals surface area contributed by atoms with E-state index in [1.54, 1.807) is 25.1 Å². The zero-order valence-corrected chi connectivity index (χ0v) is 11.2. The first kappa shape index (κ1) is 13.2. The molecular weight excluding hydrogens is 277 g/mol. The molecule has 1 aromatic carbocycles. The Bertz CT molecular complexity index is 482. The molecule has 0 saturated carbocycles. The van der Waals surface area contributed by atoms with Gasteiger partial charge in [-0.15, -0.1) is 0 Å². The second-order valence-corrected chi connectivity index (χ2v) is 4.63. The summed E-state index contributed by atoms with van der Waals surface area (Å²) in [6.07, 6.45) is 0.00999. The molecular formula is C12H11Cl2NO3. The van der Waals surface area contributed by atoms with Crippen LogP contribution in [0.2, 0.25) is 10.0 Å². The van der Waals surface area contributed by atoms with Gasteiger partial charge in [0.05, 0.1) is 6.61 Å². The fourth-order valence-corrected chi connectivity index (χ4v) is 2.20. The largest absolute Gasteiger partial charge is 0.461 e. The highest BCUT2D eigenvalue weighted by molar-refractivity contribution is 6.37. The predicted molar refractivity (Wildman–Crippen MR) is 69.0 cm³/mol. The minimum absolute atomic E-state index is 0.276. The molecule has 1 unspecified atom stereocenters. The van der Waals surface area contributed by atoms with Crippen LogP contribution in [0.25, 0.3) is 0 Å². The highest BCUT2D eigenvalue weighted by atomic mass is 35.5. The van der Waals surface area contributed by atoms with E-state index in [1.165, 1.54) is 0 Å². The maximum absolute atomic E-state index is 11.5. The molecule has 0 aromatic heterocycles. The lowest BCUT2D eigenvalue weighted by Gasteiger charge is -2.09.